The minimum Gasteiger partial charge on any atom is -0.326 e. The summed E-state index contributed by atoms with van der Waals surface area (Å²) in [4.78, 5) is 13.1. The van der Waals surface area contributed by atoms with Crippen molar-refractivity contribution in [3.63, 3.8) is 0 Å². The summed E-state index contributed by atoms with van der Waals surface area (Å²) < 4.78 is 0. The van der Waals surface area contributed by atoms with Gasteiger partial charge in [-0.1, -0.05) is 54.6 Å². The van der Waals surface area contributed by atoms with E-state index in [0.29, 0.717) is 45.1 Å². The summed E-state index contributed by atoms with van der Waals surface area (Å²) in [5, 5.41) is 19.4. The first-order valence-corrected chi connectivity index (χ1v) is 9.58. The van der Waals surface area contributed by atoms with Gasteiger partial charge in [0.2, 0.25) is 0 Å². The lowest BCUT2D eigenvalue weighted by Gasteiger charge is -2.12. The first-order valence-electron chi connectivity index (χ1n) is 9.21. The van der Waals surface area contributed by atoms with E-state index in [0.717, 1.165) is 5.56 Å². The number of carbonyl (C=O) groups is 1. The van der Waals surface area contributed by atoms with Crippen LogP contribution in [-0.4, -0.2) is 11.6 Å². The minimum atomic E-state index is -0.279. The molecule has 0 heterocycles. The molecule has 0 spiro atoms. The summed E-state index contributed by atoms with van der Waals surface area (Å²) in [5.41, 5.74) is 10.2. The Bertz CT molecular complexity index is 1180. The van der Waals surface area contributed by atoms with Crippen molar-refractivity contribution in [2.24, 2.45) is 5.73 Å². The number of nitriles is 1. The summed E-state index contributed by atoms with van der Waals surface area (Å²) in [6, 6.07) is 19.4. The van der Waals surface area contributed by atoms with Crippen LogP contribution in [-0.2, 0) is 6.54 Å². The van der Waals surface area contributed by atoms with E-state index in [4.69, 9.17) is 28.0 Å². The van der Waals surface area contributed by atoms with Gasteiger partial charge < -0.3 is 5.73 Å². The van der Waals surface area contributed by atoms with Crippen molar-refractivity contribution in [1.29, 1.82) is 10.7 Å². The third-order valence-corrected chi connectivity index (χ3v) is 5.04. The number of nitrogens with one attached hydrogen (secondary N) is 1. The molecule has 3 aromatic carbocycles. The molecule has 0 saturated carbocycles. The van der Waals surface area contributed by atoms with Crippen molar-refractivity contribution in [3.8, 4) is 6.07 Å². The molecule has 0 bridgehead atoms. The second-order valence-corrected chi connectivity index (χ2v) is 7.01. The van der Waals surface area contributed by atoms with Gasteiger partial charge in [-0.05, 0) is 35.4 Å². The molecule has 0 aliphatic carbocycles. The molecule has 3 aromatic rings. The summed E-state index contributed by atoms with van der Waals surface area (Å²) in [5.74, 6) is -0.279. The smallest absolute Gasteiger partial charge is 0.326 e. The average Bonchev–Trinajstić information content (AvgIpc) is 2.78. The molecule has 0 aliphatic rings. The summed E-state index contributed by atoms with van der Waals surface area (Å²) in [7, 11) is 0. The van der Waals surface area contributed by atoms with Gasteiger partial charge in [0.25, 0.3) is 0 Å². The Labute approximate surface area is 179 Å². The molecular weight excluding hydrogens is 396 g/mol. The fraction of sp³-hybridized carbons (Fsp3) is 0.0417. The van der Waals surface area contributed by atoms with Gasteiger partial charge in [0.15, 0.2) is 0 Å². The SMILES string of the molecule is C=Cc1cccc(Cl)c1C(=O)[NH2+]c1cc(CN)ccc1C(=N)c1ccc(C#N)cc1. The van der Waals surface area contributed by atoms with E-state index in [9.17, 15) is 4.79 Å². The highest BCUT2D eigenvalue weighted by Crippen LogP contribution is 2.22. The number of halogens is 1. The van der Waals surface area contributed by atoms with Crippen LogP contribution < -0.4 is 11.1 Å². The Morgan fingerprint density at radius 3 is 2.57 bits per heavy atom. The fourth-order valence-electron chi connectivity index (χ4n) is 3.14. The van der Waals surface area contributed by atoms with E-state index in [1.54, 1.807) is 60.7 Å². The van der Waals surface area contributed by atoms with Crippen LogP contribution in [0.25, 0.3) is 6.08 Å². The lowest BCUT2D eigenvalue weighted by molar-refractivity contribution is -0.464. The Kier molecular flexibility index (Phi) is 6.55. The molecule has 5 nitrogen and oxygen atoms in total. The average molecular weight is 416 g/mol. The Balaban J connectivity index is 2.02. The molecule has 5 N–H and O–H groups in total. The zero-order chi connectivity index (χ0) is 21.7. The van der Waals surface area contributed by atoms with E-state index < -0.39 is 0 Å². The number of hydrogen-bond acceptors (Lipinski definition) is 4. The van der Waals surface area contributed by atoms with Crippen LogP contribution in [0.1, 0.15) is 38.2 Å². The normalized spacial score (nSPS) is 10.3. The molecule has 6 heteroatoms. The van der Waals surface area contributed by atoms with Gasteiger partial charge in [-0.2, -0.15) is 5.26 Å². The molecule has 1 amide bonds. The number of amides is 1. The van der Waals surface area contributed by atoms with Gasteiger partial charge in [-0.3, -0.25) is 5.41 Å². The Hall–Kier alpha value is -3.56. The van der Waals surface area contributed by atoms with Crippen molar-refractivity contribution >= 4 is 35.0 Å². The number of benzene rings is 3. The third-order valence-electron chi connectivity index (χ3n) is 4.72. The van der Waals surface area contributed by atoms with Crippen molar-refractivity contribution in [2.75, 3.05) is 0 Å². The van der Waals surface area contributed by atoms with Crippen molar-refractivity contribution in [3.05, 3.63) is 106 Å². The molecule has 0 saturated heterocycles. The van der Waals surface area contributed by atoms with E-state index >= 15 is 0 Å². The second-order valence-electron chi connectivity index (χ2n) is 6.61. The van der Waals surface area contributed by atoms with Crippen LogP contribution >= 0.6 is 11.6 Å². The molecule has 0 atom stereocenters. The quantitative estimate of drug-likeness (QED) is 0.421. The highest BCUT2D eigenvalue weighted by atomic mass is 35.5. The molecule has 148 valence electrons. The van der Waals surface area contributed by atoms with Gasteiger partial charge in [0.1, 0.15) is 11.3 Å². The first kappa shape index (κ1) is 21.2. The highest BCUT2D eigenvalue weighted by molar-refractivity contribution is 6.33. The molecule has 0 aliphatic heterocycles. The molecule has 0 aromatic heterocycles. The van der Waals surface area contributed by atoms with Crippen LogP contribution in [0, 0.1) is 16.7 Å². The Morgan fingerprint density at radius 1 is 1.20 bits per heavy atom. The van der Waals surface area contributed by atoms with Crippen LogP contribution in [0.15, 0.2) is 67.2 Å². The number of quaternary nitrogens is 1. The molecule has 30 heavy (non-hydrogen) atoms. The number of nitrogens with two attached hydrogens (primary N) is 2. The fourth-order valence-corrected chi connectivity index (χ4v) is 3.41. The van der Waals surface area contributed by atoms with Crippen LogP contribution in [0.5, 0.6) is 0 Å². The summed E-state index contributed by atoms with van der Waals surface area (Å²) in [6.07, 6.45) is 1.59. The molecule has 0 radical (unpaired) electrons. The lowest BCUT2D eigenvalue weighted by atomic mass is 9.98. The van der Waals surface area contributed by atoms with Gasteiger partial charge in [-0.25, -0.2) is 10.1 Å². The zero-order valence-electron chi connectivity index (χ0n) is 16.2. The van der Waals surface area contributed by atoms with Crippen molar-refractivity contribution < 1.29 is 10.1 Å². The maximum atomic E-state index is 13.1. The van der Waals surface area contributed by atoms with Gasteiger partial charge in [0, 0.05) is 18.2 Å². The van der Waals surface area contributed by atoms with Crippen molar-refractivity contribution in [1.82, 2.24) is 0 Å². The number of nitrogens with zero attached hydrogens (tertiary/aromatic N) is 1. The lowest BCUT2D eigenvalue weighted by Crippen LogP contribution is -2.82. The first-order chi connectivity index (χ1) is 14.5. The predicted molar refractivity (Wildman–Crippen MR) is 119 cm³/mol. The number of primary amides is 1. The summed E-state index contributed by atoms with van der Waals surface area (Å²) in [6.45, 7) is 4.06. The number of carbonyl (C=O) groups excluding carboxylic acids is 1. The van der Waals surface area contributed by atoms with Gasteiger partial charge in [-0.15, -0.1) is 0 Å². The van der Waals surface area contributed by atoms with E-state index in [2.05, 4.69) is 12.6 Å². The monoisotopic (exact) mass is 415 g/mol. The van der Waals surface area contributed by atoms with E-state index in [1.807, 2.05) is 6.07 Å². The highest BCUT2D eigenvalue weighted by Gasteiger charge is 2.22. The minimum absolute atomic E-state index is 0.241. The Morgan fingerprint density at radius 2 is 1.93 bits per heavy atom. The number of hydrogen-bond donors (Lipinski definition) is 3. The molecular formula is C24H20ClN4O+. The van der Waals surface area contributed by atoms with Crippen LogP contribution in [0.4, 0.5) is 5.69 Å². The molecule has 0 fully saturated rings. The second kappa shape index (κ2) is 9.29. The topological polar surface area (TPSA) is 107 Å². The summed E-state index contributed by atoms with van der Waals surface area (Å²) >= 11 is 6.28. The maximum absolute atomic E-state index is 13.1. The standard InChI is InChI=1S/C24H19ClN4O/c1-2-17-4-3-5-20(25)22(17)24(30)29-21-12-16(14-27)8-11-19(21)23(28)18-9-6-15(13-26)7-10-18/h2-12,28H,1,14,27H2,(H,29,30)/p+1. The zero-order valence-corrected chi connectivity index (χ0v) is 16.9. The molecule has 0 unspecified atom stereocenters. The van der Waals surface area contributed by atoms with E-state index in [-0.39, 0.29) is 11.6 Å². The van der Waals surface area contributed by atoms with Gasteiger partial charge in [0.05, 0.1) is 27.9 Å². The largest absolute Gasteiger partial charge is 0.349 e. The van der Waals surface area contributed by atoms with Gasteiger partial charge >= 0.3 is 5.91 Å². The van der Waals surface area contributed by atoms with Crippen molar-refractivity contribution in [2.45, 2.75) is 6.54 Å². The maximum Gasteiger partial charge on any atom is 0.349 e. The van der Waals surface area contributed by atoms with Crippen LogP contribution in [0.2, 0.25) is 5.02 Å². The van der Waals surface area contributed by atoms with Crippen LogP contribution in [0.3, 0.4) is 0 Å². The number of rotatable bonds is 6. The molecule has 3 rings (SSSR count). The third kappa shape index (κ3) is 4.37. The predicted octanol–water partition coefficient (Wildman–Crippen LogP) is 3.76. The van der Waals surface area contributed by atoms with E-state index in [1.165, 1.54) is 5.32 Å².